The molecular formula is C15H22O3. The quantitative estimate of drug-likeness (QED) is 0.789. The number of ether oxygens (including phenoxy) is 1. The number of aliphatic hydroxyl groups is 1. The van der Waals surface area contributed by atoms with E-state index in [1.54, 1.807) is 0 Å². The Morgan fingerprint density at radius 1 is 1.39 bits per heavy atom. The summed E-state index contributed by atoms with van der Waals surface area (Å²) in [6.07, 6.45) is 1.76. The molecule has 0 heterocycles. The molecule has 100 valence electrons. The molecule has 0 aliphatic heterocycles. The summed E-state index contributed by atoms with van der Waals surface area (Å²) in [5.41, 5.74) is 1.81. The van der Waals surface area contributed by atoms with Crippen molar-refractivity contribution in [1.82, 2.24) is 0 Å². The summed E-state index contributed by atoms with van der Waals surface area (Å²) in [5, 5.41) is 10.4. The Bertz CT molecular complexity index is 387. The second kappa shape index (κ2) is 7.17. The highest BCUT2D eigenvalue weighted by atomic mass is 16.5. The lowest BCUT2D eigenvalue weighted by molar-refractivity contribution is -0.150. The minimum atomic E-state index is -0.787. The van der Waals surface area contributed by atoms with E-state index in [0.717, 1.165) is 24.0 Å². The fourth-order valence-corrected chi connectivity index (χ4v) is 2.12. The van der Waals surface area contributed by atoms with Gasteiger partial charge in [0.15, 0.2) is 0 Å². The molecule has 0 bridgehead atoms. The zero-order chi connectivity index (χ0) is 13.5. The van der Waals surface area contributed by atoms with Crippen molar-refractivity contribution in [2.75, 3.05) is 7.11 Å². The van der Waals surface area contributed by atoms with Crippen LogP contribution in [0, 0.1) is 12.8 Å². The lowest BCUT2D eigenvalue weighted by Gasteiger charge is -2.22. The van der Waals surface area contributed by atoms with Gasteiger partial charge in [-0.1, -0.05) is 44.0 Å². The van der Waals surface area contributed by atoms with E-state index in [4.69, 9.17) is 4.74 Å². The van der Waals surface area contributed by atoms with E-state index in [0.29, 0.717) is 6.42 Å². The molecule has 1 aromatic carbocycles. The third kappa shape index (κ3) is 3.57. The van der Waals surface area contributed by atoms with Crippen LogP contribution in [0.1, 0.15) is 43.4 Å². The molecule has 0 fully saturated rings. The maximum atomic E-state index is 11.8. The Morgan fingerprint density at radius 3 is 2.61 bits per heavy atom. The van der Waals surface area contributed by atoms with E-state index >= 15 is 0 Å². The first-order valence-electron chi connectivity index (χ1n) is 6.43. The van der Waals surface area contributed by atoms with Crippen molar-refractivity contribution in [2.45, 2.75) is 39.2 Å². The Hall–Kier alpha value is -1.35. The molecule has 0 saturated heterocycles. The molecule has 2 atom stereocenters. The van der Waals surface area contributed by atoms with Gasteiger partial charge in [0.1, 0.15) is 0 Å². The maximum Gasteiger partial charge on any atom is 0.311 e. The van der Waals surface area contributed by atoms with Crippen molar-refractivity contribution in [2.24, 2.45) is 5.92 Å². The molecule has 3 nitrogen and oxygen atoms in total. The number of methoxy groups -OCH3 is 1. The van der Waals surface area contributed by atoms with Crippen molar-refractivity contribution >= 4 is 5.97 Å². The van der Waals surface area contributed by atoms with E-state index < -0.39 is 12.0 Å². The molecule has 0 spiro atoms. The average Bonchev–Trinajstić information content (AvgIpc) is 2.39. The number of esters is 1. The number of carbonyl (C=O) groups excluding carboxylic acids is 1. The number of aliphatic hydroxyl groups excluding tert-OH is 1. The normalized spacial score (nSPS) is 14.0. The standard InChI is InChI=1S/C15H22O3/c1-4-5-9-13(15(17)18-3)14(16)12-10-7-6-8-11(12)2/h6-8,10,13-14,16H,4-5,9H2,1-3H3. The summed E-state index contributed by atoms with van der Waals surface area (Å²) in [6.45, 7) is 4.00. The van der Waals surface area contributed by atoms with Crippen molar-refractivity contribution in [1.29, 1.82) is 0 Å². The molecule has 0 radical (unpaired) electrons. The van der Waals surface area contributed by atoms with Crippen molar-refractivity contribution in [3.63, 3.8) is 0 Å². The molecule has 2 unspecified atom stereocenters. The van der Waals surface area contributed by atoms with Gasteiger partial charge in [-0.25, -0.2) is 0 Å². The number of carbonyl (C=O) groups is 1. The fraction of sp³-hybridized carbons (Fsp3) is 0.533. The second-order valence-corrected chi connectivity index (χ2v) is 4.57. The Kier molecular flexibility index (Phi) is 5.86. The van der Waals surface area contributed by atoms with Gasteiger partial charge in [-0.15, -0.1) is 0 Å². The zero-order valence-corrected chi connectivity index (χ0v) is 11.3. The highest BCUT2D eigenvalue weighted by Crippen LogP contribution is 2.29. The topological polar surface area (TPSA) is 46.5 Å². The number of unbranched alkanes of at least 4 members (excludes halogenated alkanes) is 1. The lowest BCUT2D eigenvalue weighted by Crippen LogP contribution is -2.24. The maximum absolute atomic E-state index is 11.8. The number of hydrogen-bond acceptors (Lipinski definition) is 3. The van der Waals surface area contributed by atoms with E-state index in [-0.39, 0.29) is 5.97 Å². The van der Waals surface area contributed by atoms with Crippen LogP contribution in [0.15, 0.2) is 24.3 Å². The molecule has 0 aliphatic rings. The van der Waals surface area contributed by atoms with Crippen LogP contribution < -0.4 is 0 Å². The molecule has 1 N–H and O–H groups in total. The van der Waals surface area contributed by atoms with E-state index in [9.17, 15) is 9.90 Å². The van der Waals surface area contributed by atoms with Crippen LogP contribution in [0.25, 0.3) is 0 Å². The molecule has 3 heteroatoms. The lowest BCUT2D eigenvalue weighted by atomic mass is 9.89. The summed E-state index contributed by atoms with van der Waals surface area (Å²) >= 11 is 0. The first-order chi connectivity index (χ1) is 8.61. The molecule has 1 aromatic rings. The largest absolute Gasteiger partial charge is 0.469 e. The first-order valence-corrected chi connectivity index (χ1v) is 6.43. The van der Waals surface area contributed by atoms with Crippen LogP contribution in [-0.4, -0.2) is 18.2 Å². The fourth-order valence-electron chi connectivity index (χ4n) is 2.12. The summed E-state index contributed by atoms with van der Waals surface area (Å²) in [5.74, 6) is -0.810. The van der Waals surface area contributed by atoms with E-state index in [2.05, 4.69) is 6.92 Å². The molecule has 18 heavy (non-hydrogen) atoms. The molecule has 0 aliphatic carbocycles. The van der Waals surface area contributed by atoms with Gasteiger partial charge in [0.2, 0.25) is 0 Å². The molecule has 0 amide bonds. The van der Waals surface area contributed by atoms with Crippen LogP contribution in [0.4, 0.5) is 0 Å². The summed E-state index contributed by atoms with van der Waals surface area (Å²) in [6, 6.07) is 7.60. The van der Waals surface area contributed by atoms with Gasteiger partial charge in [-0.05, 0) is 24.5 Å². The number of aryl methyl sites for hydroxylation is 1. The van der Waals surface area contributed by atoms with Crippen LogP contribution in [0.2, 0.25) is 0 Å². The summed E-state index contributed by atoms with van der Waals surface area (Å²) in [7, 11) is 1.37. The molecule has 0 aromatic heterocycles. The van der Waals surface area contributed by atoms with Crippen molar-refractivity contribution in [3.05, 3.63) is 35.4 Å². The van der Waals surface area contributed by atoms with Crippen molar-refractivity contribution < 1.29 is 14.6 Å². The number of rotatable bonds is 6. The van der Waals surface area contributed by atoms with Gasteiger partial charge >= 0.3 is 5.97 Å². The smallest absolute Gasteiger partial charge is 0.311 e. The molecule has 1 rings (SSSR count). The van der Waals surface area contributed by atoms with Gasteiger partial charge < -0.3 is 9.84 Å². The monoisotopic (exact) mass is 250 g/mol. The SMILES string of the molecule is CCCCC(C(=O)OC)C(O)c1ccccc1C. The summed E-state index contributed by atoms with van der Waals surface area (Å²) in [4.78, 5) is 11.8. The predicted octanol–water partition coefficient (Wildman–Crippen LogP) is 3.01. The number of hydrogen-bond donors (Lipinski definition) is 1. The Morgan fingerprint density at radius 2 is 2.06 bits per heavy atom. The Balaban J connectivity index is 2.91. The van der Waals surface area contributed by atoms with Gasteiger partial charge in [-0.2, -0.15) is 0 Å². The van der Waals surface area contributed by atoms with Gasteiger partial charge in [-0.3, -0.25) is 4.79 Å². The first kappa shape index (κ1) is 14.7. The zero-order valence-electron chi connectivity index (χ0n) is 11.3. The van der Waals surface area contributed by atoms with Gasteiger partial charge in [0, 0.05) is 0 Å². The van der Waals surface area contributed by atoms with Crippen LogP contribution in [0.5, 0.6) is 0 Å². The van der Waals surface area contributed by atoms with Crippen LogP contribution in [-0.2, 0) is 9.53 Å². The Labute approximate surface area is 109 Å². The third-order valence-electron chi connectivity index (χ3n) is 3.26. The summed E-state index contributed by atoms with van der Waals surface area (Å²) < 4.78 is 4.79. The van der Waals surface area contributed by atoms with Crippen molar-refractivity contribution in [3.8, 4) is 0 Å². The van der Waals surface area contributed by atoms with Crippen LogP contribution in [0.3, 0.4) is 0 Å². The molecular weight excluding hydrogens is 228 g/mol. The molecule has 0 saturated carbocycles. The highest BCUT2D eigenvalue weighted by Gasteiger charge is 2.29. The number of benzene rings is 1. The van der Waals surface area contributed by atoms with Gasteiger partial charge in [0.25, 0.3) is 0 Å². The predicted molar refractivity (Wildman–Crippen MR) is 71.2 cm³/mol. The van der Waals surface area contributed by atoms with Gasteiger partial charge in [0.05, 0.1) is 19.1 Å². The second-order valence-electron chi connectivity index (χ2n) is 4.57. The minimum absolute atomic E-state index is 0.334. The van der Waals surface area contributed by atoms with E-state index in [1.807, 2.05) is 31.2 Å². The minimum Gasteiger partial charge on any atom is -0.469 e. The highest BCUT2D eigenvalue weighted by molar-refractivity contribution is 5.73. The average molecular weight is 250 g/mol. The van der Waals surface area contributed by atoms with Crippen LogP contribution >= 0.6 is 0 Å². The van der Waals surface area contributed by atoms with E-state index in [1.165, 1.54) is 7.11 Å². The third-order valence-corrected chi connectivity index (χ3v) is 3.26.